The van der Waals surface area contributed by atoms with Crippen LogP contribution in [0.15, 0.2) is 29.3 Å². The van der Waals surface area contributed by atoms with E-state index in [4.69, 9.17) is 11.6 Å². The topological polar surface area (TPSA) is 36.4 Å². The van der Waals surface area contributed by atoms with Crippen LogP contribution in [0.4, 0.5) is 0 Å². The summed E-state index contributed by atoms with van der Waals surface area (Å²) in [6.45, 7) is 5.91. The van der Waals surface area contributed by atoms with Crippen LogP contribution >= 0.6 is 23.4 Å². The zero-order valence-electron chi connectivity index (χ0n) is 12.4. The summed E-state index contributed by atoms with van der Waals surface area (Å²) in [4.78, 5) is 4.59. The fourth-order valence-electron chi connectivity index (χ4n) is 1.76. The Bertz CT molecular complexity index is 406. The maximum Gasteiger partial charge on any atom is 0.191 e. The standard InChI is InChI=1S/C15H24ClN3S/c1-4-17-15(18-10-5-11-20-3)19-12(2)13-6-8-14(16)9-7-13/h6-9,12H,4-5,10-11H2,1-3H3,(H2,17,18,19). The fourth-order valence-corrected chi connectivity index (χ4v) is 2.30. The highest BCUT2D eigenvalue weighted by molar-refractivity contribution is 7.98. The lowest BCUT2D eigenvalue weighted by Crippen LogP contribution is -2.38. The first-order chi connectivity index (χ1) is 9.67. The average Bonchev–Trinajstić information content (AvgIpc) is 2.44. The molecule has 0 aliphatic carbocycles. The van der Waals surface area contributed by atoms with Gasteiger partial charge >= 0.3 is 0 Å². The second kappa shape index (κ2) is 9.94. The lowest BCUT2D eigenvalue weighted by atomic mass is 10.1. The molecule has 1 rings (SSSR count). The molecule has 0 radical (unpaired) electrons. The minimum absolute atomic E-state index is 0.200. The summed E-state index contributed by atoms with van der Waals surface area (Å²) in [6, 6.07) is 8.11. The lowest BCUT2D eigenvalue weighted by molar-refractivity contribution is 0.685. The van der Waals surface area contributed by atoms with Crippen LogP contribution in [0.25, 0.3) is 0 Å². The van der Waals surface area contributed by atoms with E-state index in [-0.39, 0.29) is 6.04 Å². The van der Waals surface area contributed by atoms with Gasteiger partial charge in [0.2, 0.25) is 0 Å². The maximum absolute atomic E-state index is 5.91. The van der Waals surface area contributed by atoms with Crippen molar-refractivity contribution in [1.29, 1.82) is 0 Å². The third-order valence-electron chi connectivity index (χ3n) is 2.84. The van der Waals surface area contributed by atoms with Gasteiger partial charge in [-0.2, -0.15) is 11.8 Å². The molecule has 0 heterocycles. The van der Waals surface area contributed by atoms with E-state index in [0.717, 1.165) is 36.2 Å². The number of nitrogens with zero attached hydrogens (tertiary/aromatic N) is 1. The third-order valence-corrected chi connectivity index (χ3v) is 3.79. The number of thioether (sulfide) groups is 1. The number of benzene rings is 1. The van der Waals surface area contributed by atoms with Crippen LogP contribution in [0.3, 0.4) is 0 Å². The van der Waals surface area contributed by atoms with E-state index in [0.29, 0.717) is 0 Å². The van der Waals surface area contributed by atoms with Gasteiger partial charge in [0.05, 0.1) is 6.04 Å². The summed E-state index contributed by atoms with van der Waals surface area (Å²) in [7, 11) is 0. The Morgan fingerprint density at radius 2 is 2.05 bits per heavy atom. The first kappa shape index (κ1) is 17.2. The van der Waals surface area contributed by atoms with E-state index < -0.39 is 0 Å². The highest BCUT2D eigenvalue weighted by atomic mass is 35.5. The Kier molecular flexibility index (Phi) is 8.54. The van der Waals surface area contributed by atoms with Crippen LogP contribution < -0.4 is 10.6 Å². The highest BCUT2D eigenvalue weighted by Gasteiger charge is 2.07. The van der Waals surface area contributed by atoms with Crippen LogP contribution in [0.5, 0.6) is 0 Å². The van der Waals surface area contributed by atoms with Gasteiger partial charge in [-0.1, -0.05) is 23.7 Å². The normalized spacial score (nSPS) is 13.1. The van der Waals surface area contributed by atoms with E-state index in [2.05, 4.69) is 35.7 Å². The van der Waals surface area contributed by atoms with Crippen molar-refractivity contribution < 1.29 is 0 Å². The quantitative estimate of drug-likeness (QED) is 0.458. The molecule has 0 aliphatic rings. The predicted octanol–water partition coefficient (Wildman–Crippen LogP) is 3.71. The van der Waals surface area contributed by atoms with Crippen molar-refractivity contribution in [2.75, 3.05) is 25.1 Å². The van der Waals surface area contributed by atoms with Gasteiger partial charge in [-0.15, -0.1) is 0 Å². The molecule has 0 fully saturated rings. The number of aliphatic imine (C=N–C) groups is 1. The van der Waals surface area contributed by atoms with Gasteiger partial charge in [-0.25, -0.2) is 0 Å². The zero-order valence-corrected chi connectivity index (χ0v) is 14.0. The summed E-state index contributed by atoms with van der Waals surface area (Å²) < 4.78 is 0. The molecular formula is C15H24ClN3S. The number of hydrogen-bond donors (Lipinski definition) is 2. The Labute approximate surface area is 131 Å². The van der Waals surface area contributed by atoms with Crippen molar-refractivity contribution in [3.63, 3.8) is 0 Å². The van der Waals surface area contributed by atoms with Crippen LogP contribution in [0, 0.1) is 0 Å². The zero-order chi connectivity index (χ0) is 14.8. The van der Waals surface area contributed by atoms with Crippen molar-refractivity contribution in [2.24, 2.45) is 4.99 Å². The first-order valence-corrected chi connectivity index (χ1v) is 8.73. The number of halogens is 1. The second-order valence-electron chi connectivity index (χ2n) is 4.52. The van der Waals surface area contributed by atoms with Crippen molar-refractivity contribution in [1.82, 2.24) is 10.6 Å². The van der Waals surface area contributed by atoms with Gasteiger partial charge in [-0.05, 0) is 50.0 Å². The maximum atomic E-state index is 5.91. The minimum Gasteiger partial charge on any atom is -0.357 e. The van der Waals surface area contributed by atoms with Gasteiger partial charge in [0, 0.05) is 18.1 Å². The fraction of sp³-hybridized carbons (Fsp3) is 0.533. The molecular weight excluding hydrogens is 290 g/mol. The van der Waals surface area contributed by atoms with Crippen LogP contribution in [0.1, 0.15) is 31.9 Å². The summed E-state index contributed by atoms with van der Waals surface area (Å²) in [5.74, 6) is 2.02. The monoisotopic (exact) mass is 313 g/mol. The largest absolute Gasteiger partial charge is 0.357 e. The number of rotatable bonds is 7. The van der Waals surface area contributed by atoms with Crippen molar-refractivity contribution >= 4 is 29.3 Å². The molecule has 0 aromatic heterocycles. The molecule has 1 atom stereocenters. The van der Waals surface area contributed by atoms with Gasteiger partial charge in [0.15, 0.2) is 5.96 Å². The number of nitrogens with one attached hydrogen (secondary N) is 2. The summed E-state index contributed by atoms with van der Waals surface area (Å²) in [5, 5.41) is 7.46. The molecule has 0 bridgehead atoms. The van der Waals surface area contributed by atoms with Crippen molar-refractivity contribution in [3.8, 4) is 0 Å². The van der Waals surface area contributed by atoms with E-state index in [1.54, 1.807) is 0 Å². The molecule has 1 aromatic rings. The SMILES string of the molecule is CCNC(=NCCCSC)NC(C)c1ccc(Cl)cc1. The molecule has 0 spiro atoms. The minimum atomic E-state index is 0.200. The van der Waals surface area contributed by atoms with Crippen LogP contribution in [0.2, 0.25) is 5.02 Å². The molecule has 1 unspecified atom stereocenters. The van der Waals surface area contributed by atoms with Crippen molar-refractivity contribution in [2.45, 2.75) is 26.3 Å². The molecule has 112 valence electrons. The second-order valence-corrected chi connectivity index (χ2v) is 5.95. The molecule has 20 heavy (non-hydrogen) atoms. The molecule has 5 heteroatoms. The summed E-state index contributed by atoms with van der Waals surface area (Å²) >= 11 is 7.77. The third kappa shape index (κ3) is 6.53. The lowest BCUT2D eigenvalue weighted by Gasteiger charge is -2.18. The van der Waals surface area contributed by atoms with Gasteiger partial charge in [0.1, 0.15) is 0 Å². The molecule has 0 saturated carbocycles. The molecule has 3 nitrogen and oxygen atoms in total. The first-order valence-electron chi connectivity index (χ1n) is 6.96. The van der Waals surface area contributed by atoms with Gasteiger partial charge < -0.3 is 10.6 Å². The predicted molar refractivity (Wildman–Crippen MR) is 92.0 cm³/mol. The number of hydrogen-bond acceptors (Lipinski definition) is 2. The molecule has 1 aromatic carbocycles. The van der Waals surface area contributed by atoms with E-state index in [9.17, 15) is 0 Å². The average molecular weight is 314 g/mol. The molecule has 0 saturated heterocycles. The summed E-state index contributed by atoms with van der Waals surface area (Å²) in [5.41, 5.74) is 1.20. The molecule has 0 amide bonds. The van der Waals surface area contributed by atoms with E-state index in [1.165, 1.54) is 5.56 Å². The smallest absolute Gasteiger partial charge is 0.191 e. The Morgan fingerprint density at radius 3 is 2.65 bits per heavy atom. The van der Waals surface area contributed by atoms with Crippen molar-refractivity contribution in [3.05, 3.63) is 34.9 Å². The number of guanidine groups is 1. The Balaban J connectivity index is 2.57. The summed E-state index contributed by atoms with van der Waals surface area (Å²) in [6.07, 6.45) is 3.23. The molecule has 0 aliphatic heterocycles. The van der Waals surface area contributed by atoms with Crippen LogP contribution in [-0.2, 0) is 0 Å². The van der Waals surface area contributed by atoms with E-state index in [1.807, 2.05) is 36.0 Å². The Hall–Kier alpha value is -0.870. The van der Waals surface area contributed by atoms with Crippen LogP contribution in [-0.4, -0.2) is 31.1 Å². The molecule has 2 N–H and O–H groups in total. The van der Waals surface area contributed by atoms with Gasteiger partial charge in [0.25, 0.3) is 0 Å². The highest BCUT2D eigenvalue weighted by Crippen LogP contribution is 2.15. The van der Waals surface area contributed by atoms with E-state index >= 15 is 0 Å². The Morgan fingerprint density at radius 1 is 1.35 bits per heavy atom. The van der Waals surface area contributed by atoms with Gasteiger partial charge in [-0.3, -0.25) is 4.99 Å².